The molecule has 0 saturated heterocycles. The molecule has 5 heteroatoms. The molecule has 0 fully saturated rings. The van der Waals surface area contributed by atoms with Gasteiger partial charge in [0.05, 0.1) is 0 Å². The number of ether oxygens (including phenoxy) is 3. The fraction of sp³-hybridized carbons (Fsp3) is 0.769. The number of unbranched alkanes of at least 4 members (excludes halogenated alkanes) is 10. The fourth-order valence-corrected chi connectivity index (χ4v) is 2.98. The van der Waals surface area contributed by atoms with Crippen LogP contribution in [0.15, 0.2) is 24.3 Å². The minimum atomic E-state index is -0.412. The van der Waals surface area contributed by atoms with Crippen LogP contribution >= 0.6 is 0 Å². The first-order valence-electron chi connectivity index (χ1n) is 12.4. The van der Waals surface area contributed by atoms with Gasteiger partial charge in [-0.2, -0.15) is 0 Å². The molecule has 2 unspecified atom stereocenters. The summed E-state index contributed by atoms with van der Waals surface area (Å²) < 4.78 is 17.8. The minimum absolute atomic E-state index is 0.412. The molecule has 0 aliphatic rings. The monoisotopic (exact) mass is 438 g/mol. The predicted molar refractivity (Wildman–Crippen MR) is 127 cm³/mol. The summed E-state index contributed by atoms with van der Waals surface area (Å²) in [4.78, 5) is 20.7. The summed E-state index contributed by atoms with van der Waals surface area (Å²) in [6.07, 6.45) is 23.3. The van der Waals surface area contributed by atoms with E-state index in [0.29, 0.717) is 26.1 Å². The second-order valence-electron chi connectivity index (χ2n) is 7.79. The second kappa shape index (κ2) is 25.0. The first-order valence-corrected chi connectivity index (χ1v) is 12.4. The average Bonchev–Trinajstić information content (AvgIpc) is 2.78. The molecule has 180 valence electrons. The van der Waals surface area contributed by atoms with E-state index in [0.717, 1.165) is 89.6 Å². The molecular formula is C26H46O5. The van der Waals surface area contributed by atoms with Gasteiger partial charge in [-0.15, -0.1) is 0 Å². The van der Waals surface area contributed by atoms with Gasteiger partial charge in [0.1, 0.15) is 12.6 Å². The Labute approximate surface area is 190 Å². The molecule has 0 aliphatic carbocycles. The zero-order valence-electron chi connectivity index (χ0n) is 20.0. The van der Waals surface area contributed by atoms with Crippen LogP contribution in [-0.2, 0) is 23.8 Å². The normalized spacial score (nSPS) is 13.7. The van der Waals surface area contributed by atoms with Crippen LogP contribution in [0.4, 0.5) is 0 Å². The Morgan fingerprint density at radius 2 is 0.968 bits per heavy atom. The molecule has 0 aliphatic heterocycles. The van der Waals surface area contributed by atoms with E-state index < -0.39 is 12.6 Å². The third-order valence-corrected chi connectivity index (χ3v) is 4.71. The van der Waals surface area contributed by atoms with E-state index in [-0.39, 0.29) is 0 Å². The van der Waals surface area contributed by atoms with Gasteiger partial charge in [0.25, 0.3) is 0 Å². The molecule has 0 saturated carbocycles. The molecule has 0 N–H and O–H groups in total. The van der Waals surface area contributed by atoms with Gasteiger partial charge in [-0.3, -0.25) is 0 Å². The third-order valence-electron chi connectivity index (χ3n) is 4.71. The lowest BCUT2D eigenvalue weighted by Crippen LogP contribution is -2.25. The second-order valence-corrected chi connectivity index (χ2v) is 7.79. The van der Waals surface area contributed by atoms with Crippen LogP contribution in [0.25, 0.3) is 0 Å². The van der Waals surface area contributed by atoms with Crippen molar-refractivity contribution in [1.82, 2.24) is 0 Å². The molecule has 0 amide bonds. The van der Waals surface area contributed by atoms with E-state index in [2.05, 4.69) is 26.0 Å². The molecule has 0 aromatic carbocycles. The van der Waals surface area contributed by atoms with E-state index >= 15 is 0 Å². The standard InChI is InChI=1S/C26H46O5/c1-3-23-29-25(19-15-11-7-5-9-13-17-21-27)31-26(30-24-4-2)20-16-12-8-6-10-14-18-22-28/h15-16,19-22,25-26H,3-14,17-18,23-24H2,1-2H3. The molecule has 5 nitrogen and oxygen atoms in total. The largest absolute Gasteiger partial charge is 0.349 e. The summed E-state index contributed by atoms with van der Waals surface area (Å²) in [7, 11) is 0. The summed E-state index contributed by atoms with van der Waals surface area (Å²) in [5.74, 6) is 0. The topological polar surface area (TPSA) is 61.8 Å². The Balaban J connectivity index is 4.41. The molecule has 0 aromatic rings. The fourth-order valence-electron chi connectivity index (χ4n) is 2.98. The number of rotatable bonds is 24. The zero-order chi connectivity index (χ0) is 22.8. The summed E-state index contributed by atoms with van der Waals surface area (Å²) in [5.41, 5.74) is 0. The zero-order valence-corrected chi connectivity index (χ0v) is 20.0. The number of hydrogen-bond acceptors (Lipinski definition) is 5. The minimum Gasteiger partial charge on any atom is -0.349 e. The average molecular weight is 439 g/mol. The van der Waals surface area contributed by atoms with Gasteiger partial charge in [-0.1, -0.05) is 51.7 Å². The summed E-state index contributed by atoms with van der Waals surface area (Å²) in [6.45, 7) is 5.46. The number of aldehydes is 2. The maximum Gasteiger partial charge on any atom is 0.180 e. The van der Waals surface area contributed by atoms with Gasteiger partial charge in [-0.25, -0.2) is 0 Å². The van der Waals surface area contributed by atoms with E-state index in [1.165, 1.54) is 0 Å². The Morgan fingerprint density at radius 3 is 1.32 bits per heavy atom. The van der Waals surface area contributed by atoms with Crippen LogP contribution in [0.5, 0.6) is 0 Å². The van der Waals surface area contributed by atoms with Crippen molar-refractivity contribution in [3.05, 3.63) is 24.3 Å². The molecule has 0 heterocycles. The quantitative estimate of drug-likeness (QED) is 0.0726. The van der Waals surface area contributed by atoms with Crippen molar-refractivity contribution in [2.45, 2.75) is 116 Å². The van der Waals surface area contributed by atoms with Gasteiger partial charge >= 0.3 is 0 Å². The summed E-state index contributed by atoms with van der Waals surface area (Å²) in [6, 6.07) is 0. The van der Waals surface area contributed by atoms with Crippen LogP contribution in [0.1, 0.15) is 104 Å². The van der Waals surface area contributed by atoms with Gasteiger partial charge in [0, 0.05) is 26.1 Å². The Hall–Kier alpha value is -1.30. The Bertz CT molecular complexity index is 407. The highest BCUT2D eigenvalue weighted by atomic mass is 16.8. The van der Waals surface area contributed by atoms with Gasteiger partial charge in [0.2, 0.25) is 0 Å². The van der Waals surface area contributed by atoms with Crippen molar-refractivity contribution in [1.29, 1.82) is 0 Å². The highest BCUT2D eigenvalue weighted by Gasteiger charge is 2.13. The van der Waals surface area contributed by atoms with Crippen LogP contribution in [0, 0.1) is 0 Å². The van der Waals surface area contributed by atoms with E-state index in [4.69, 9.17) is 14.2 Å². The maximum atomic E-state index is 10.3. The SMILES string of the molecule is CCCOC(C=CCCCCCCC=O)OC(C=CCCCCCCC=O)OCCC. The molecule has 0 spiro atoms. The van der Waals surface area contributed by atoms with E-state index in [1.807, 2.05) is 12.2 Å². The van der Waals surface area contributed by atoms with Crippen LogP contribution in [0.3, 0.4) is 0 Å². The van der Waals surface area contributed by atoms with Crippen molar-refractivity contribution in [3.63, 3.8) is 0 Å². The van der Waals surface area contributed by atoms with Crippen molar-refractivity contribution < 1.29 is 23.8 Å². The van der Waals surface area contributed by atoms with Crippen LogP contribution in [0.2, 0.25) is 0 Å². The summed E-state index contributed by atoms with van der Waals surface area (Å²) in [5, 5.41) is 0. The number of allylic oxidation sites excluding steroid dienone is 2. The smallest absolute Gasteiger partial charge is 0.180 e. The van der Waals surface area contributed by atoms with Crippen LogP contribution < -0.4 is 0 Å². The first kappa shape index (κ1) is 29.7. The maximum absolute atomic E-state index is 10.3. The van der Waals surface area contributed by atoms with Crippen molar-refractivity contribution in [2.24, 2.45) is 0 Å². The highest BCUT2D eigenvalue weighted by Crippen LogP contribution is 2.11. The Kier molecular flexibility index (Phi) is 23.9. The molecule has 0 rings (SSSR count). The molecule has 0 aromatic heterocycles. The summed E-state index contributed by atoms with van der Waals surface area (Å²) >= 11 is 0. The van der Waals surface area contributed by atoms with E-state index in [1.54, 1.807) is 0 Å². The van der Waals surface area contributed by atoms with Crippen LogP contribution in [-0.4, -0.2) is 38.4 Å². The third kappa shape index (κ3) is 21.7. The predicted octanol–water partition coefficient (Wildman–Crippen LogP) is 6.70. The first-order chi connectivity index (χ1) is 15.3. The lowest BCUT2D eigenvalue weighted by atomic mass is 10.1. The van der Waals surface area contributed by atoms with Gasteiger partial charge in [-0.05, 0) is 63.5 Å². The van der Waals surface area contributed by atoms with Crippen molar-refractivity contribution in [2.75, 3.05) is 13.2 Å². The van der Waals surface area contributed by atoms with Crippen molar-refractivity contribution in [3.8, 4) is 0 Å². The lowest BCUT2D eigenvalue weighted by molar-refractivity contribution is -0.207. The molecule has 0 bridgehead atoms. The number of hydrogen-bond donors (Lipinski definition) is 0. The lowest BCUT2D eigenvalue weighted by Gasteiger charge is -2.21. The molecule has 0 radical (unpaired) electrons. The molecule has 31 heavy (non-hydrogen) atoms. The van der Waals surface area contributed by atoms with Gasteiger partial charge < -0.3 is 23.8 Å². The highest BCUT2D eigenvalue weighted by molar-refractivity contribution is 5.49. The molecule has 2 atom stereocenters. The van der Waals surface area contributed by atoms with Crippen molar-refractivity contribution >= 4 is 12.6 Å². The number of carbonyl (C=O) groups excluding carboxylic acids is 2. The van der Waals surface area contributed by atoms with Gasteiger partial charge in [0.15, 0.2) is 12.6 Å². The Morgan fingerprint density at radius 1 is 0.581 bits per heavy atom. The molecular weight excluding hydrogens is 392 g/mol. The number of carbonyl (C=O) groups is 2. The van der Waals surface area contributed by atoms with E-state index in [9.17, 15) is 9.59 Å².